The van der Waals surface area contributed by atoms with E-state index in [2.05, 4.69) is 0 Å². The van der Waals surface area contributed by atoms with Crippen LogP contribution in [-0.4, -0.2) is 17.3 Å². The van der Waals surface area contributed by atoms with Gasteiger partial charge in [-0.15, -0.1) is 11.8 Å². The molecule has 0 radical (unpaired) electrons. The van der Waals surface area contributed by atoms with Crippen LogP contribution in [0.25, 0.3) is 0 Å². The summed E-state index contributed by atoms with van der Waals surface area (Å²) in [5.74, 6) is -0.0381. The Balaban J connectivity index is 2.56. The van der Waals surface area contributed by atoms with Crippen LogP contribution in [0.5, 0.6) is 0 Å². The lowest BCUT2D eigenvalue weighted by molar-refractivity contribution is -0.151. The molecule has 0 fully saturated rings. The molecule has 1 rings (SSSR count). The molecular weight excluding hydrogens is 258 g/mol. The van der Waals surface area contributed by atoms with E-state index < -0.39 is 5.60 Å². The third kappa shape index (κ3) is 5.33. The Kier molecular flexibility index (Phi) is 4.71. The molecule has 0 aliphatic heterocycles. The van der Waals surface area contributed by atoms with Gasteiger partial charge in [0, 0.05) is 15.6 Å². The van der Waals surface area contributed by atoms with Gasteiger partial charge in [-0.25, -0.2) is 0 Å². The van der Waals surface area contributed by atoms with E-state index in [0.29, 0.717) is 10.7 Å². The van der Waals surface area contributed by atoms with Gasteiger partial charge in [0.1, 0.15) is 5.60 Å². The van der Waals surface area contributed by atoms with Crippen molar-refractivity contribution in [1.29, 1.82) is 0 Å². The van der Waals surface area contributed by atoms with Crippen molar-refractivity contribution in [2.24, 2.45) is 0 Å². The molecule has 0 amide bonds. The second kappa shape index (κ2) is 5.65. The molecule has 17 heavy (non-hydrogen) atoms. The SMILES string of the molecule is CC(C)(C)OC(=O)CSc1cc(Cl)ccc1N. The smallest absolute Gasteiger partial charge is 0.316 e. The van der Waals surface area contributed by atoms with Gasteiger partial charge in [-0.1, -0.05) is 11.6 Å². The number of carbonyl (C=O) groups excluding carboxylic acids is 1. The van der Waals surface area contributed by atoms with Gasteiger partial charge < -0.3 is 10.5 Å². The van der Waals surface area contributed by atoms with E-state index in [9.17, 15) is 4.79 Å². The van der Waals surface area contributed by atoms with Crippen molar-refractivity contribution in [3.05, 3.63) is 23.2 Å². The molecule has 0 aliphatic rings. The highest BCUT2D eigenvalue weighted by atomic mass is 35.5. The van der Waals surface area contributed by atoms with E-state index in [0.717, 1.165) is 4.90 Å². The minimum Gasteiger partial charge on any atom is -0.459 e. The predicted molar refractivity (Wildman–Crippen MR) is 72.4 cm³/mol. The van der Waals surface area contributed by atoms with Gasteiger partial charge in [-0.3, -0.25) is 4.79 Å². The summed E-state index contributed by atoms with van der Waals surface area (Å²) in [4.78, 5) is 12.3. The Morgan fingerprint density at radius 3 is 2.71 bits per heavy atom. The zero-order valence-electron chi connectivity index (χ0n) is 10.1. The van der Waals surface area contributed by atoms with Crippen LogP contribution in [0, 0.1) is 0 Å². The molecule has 1 aromatic carbocycles. The zero-order valence-corrected chi connectivity index (χ0v) is 11.7. The minimum absolute atomic E-state index is 0.224. The van der Waals surface area contributed by atoms with Crippen LogP contribution >= 0.6 is 23.4 Å². The van der Waals surface area contributed by atoms with Gasteiger partial charge in [0.25, 0.3) is 0 Å². The Bertz CT molecular complexity index is 415. The molecule has 0 aromatic heterocycles. The fraction of sp³-hybridized carbons (Fsp3) is 0.417. The van der Waals surface area contributed by atoms with Crippen LogP contribution < -0.4 is 5.73 Å². The van der Waals surface area contributed by atoms with Gasteiger partial charge >= 0.3 is 5.97 Å². The molecule has 1 aromatic rings. The molecule has 0 spiro atoms. The third-order valence-corrected chi connectivity index (χ3v) is 3.02. The number of hydrogen-bond donors (Lipinski definition) is 1. The number of halogens is 1. The van der Waals surface area contributed by atoms with Gasteiger partial charge in [-0.05, 0) is 39.0 Å². The fourth-order valence-electron chi connectivity index (χ4n) is 1.14. The number of thioether (sulfide) groups is 1. The largest absolute Gasteiger partial charge is 0.459 e. The average Bonchev–Trinajstić information content (AvgIpc) is 2.17. The maximum Gasteiger partial charge on any atom is 0.316 e. The van der Waals surface area contributed by atoms with Crippen molar-refractivity contribution in [3.8, 4) is 0 Å². The quantitative estimate of drug-likeness (QED) is 0.521. The van der Waals surface area contributed by atoms with E-state index in [-0.39, 0.29) is 11.7 Å². The number of esters is 1. The summed E-state index contributed by atoms with van der Waals surface area (Å²) in [6.07, 6.45) is 0. The van der Waals surface area contributed by atoms with E-state index in [1.165, 1.54) is 11.8 Å². The van der Waals surface area contributed by atoms with Crippen LogP contribution in [0.15, 0.2) is 23.1 Å². The first kappa shape index (κ1) is 14.2. The van der Waals surface area contributed by atoms with Crippen molar-refractivity contribution in [2.45, 2.75) is 31.3 Å². The minimum atomic E-state index is -0.461. The molecule has 3 nitrogen and oxygen atoms in total. The van der Waals surface area contributed by atoms with Crippen LogP contribution in [0.4, 0.5) is 5.69 Å². The monoisotopic (exact) mass is 273 g/mol. The number of benzene rings is 1. The van der Waals surface area contributed by atoms with Crippen molar-refractivity contribution in [1.82, 2.24) is 0 Å². The number of nitrogen functional groups attached to an aromatic ring is 1. The van der Waals surface area contributed by atoms with Gasteiger partial charge in [0.2, 0.25) is 0 Å². The van der Waals surface area contributed by atoms with Crippen molar-refractivity contribution in [2.75, 3.05) is 11.5 Å². The second-order valence-corrected chi connectivity index (χ2v) is 6.01. The van der Waals surface area contributed by atoms with E-state index in [1.807, 2.05) is 20.8 Å². The van der Waals surface area contributed by atoms with Crippen LogP contribution in [-0.2, 0) is 9.53 Å². The number of nitrogens with two attached hydrogens (primary N) is 1. The maximum absolute atomic E-state index is 11.5. The summed E-state index contributed by atoms with van der Waals surface area (Å²) < 4.78 is 5.20. The number of ether oxygens (including phenoxy) is 1. The molecule has 0 saturated heterocycles. The van der Waals surface area contributed by atoms with Gasteiger partial charge in [-0.2, -0.15) is 0 Å². The maximum atomic E-state index is 11.5. The van der Waals surface area contributed by atoms with E-state index in [4.69, 9.17) is 22.1 Å². The molecule has 2 N–H and O–H groups in total. The second-order valence-electron chi connectivity index (χ2n) is 4.56. The first-order valence-corrected chi connectivity index (χ1v) is 6.54. The number of rotatable bonds is 3. The molecule has 5 heteroatoms. The molecule has 0 bridgehead atoms. The Labute approximate surface area is 111 Å². The highest BCUT2D eigenvalue weighted by molar-refractivity contribution is 8.00. The normalized spacial score (nSPS) is 11.3. The van der Waals surface area contributed by atoms with E-state index in [1.54, 1.807) is 18.2 Å². The lowest BCUT2D eigenvalue weighted by Crippen LogP contribution is -2.24. The summed E-state index contributed by atoms with van der Waals surface area (Å²) >= 11 is 7.18. The highest BCUT2D eigenvalue weighted by Gasteiger charge is 2.16. The Hall–Kier alpha value is -0.870. The van der Waals surface area contributed by atoms with Crippen molar-refractivity contribution >= 4 is 35.0 Å². The lowest BCUT2D eigenvalue weighted by Gasteiger charge is -2.19. The van der Waals surface area contributed by atoms with Crippen LogP contribution in [0.3, 0.4) is 0 Å². The molecule has 0 atom stereocenters. The van der Waals surface area contributed by atoms with E-state index >= 15 is 0 Å². The molecule has 0 heterocycles. The molecule has 0 saturated carbocycles. The van der Waals surface area contributed by atoms with Crippen molar-refractivity contribution in [3.63, 3.8) is 0 Å². The summed E-state index contributed by atoms with van der Waals surface area (Å²) in [5, 5.41) is 0.603. The lowest BCUT2D eigenvalue weighted by atomic mass is 10.2. The number of carbonyl (C=O) groups is 1. The highest BCUT2D eigenvalue weighted by Crippen LogP contribution is 2.28. The number of anilines is 1. The third-order valence-electron chi connectivity index (χ3n) is 1.74. The summed E-state index contributed by atoms with van der Waals surface area (Å²) in [7, 11) is 0. The topological polar surface area (TPSA) is 52.3 Å². The summed E-state index contributed by atoms with van der Waals surface area (Å²) in [5.41, 5.74) is 5.92. The standard InChI is InChI=1S/C12H16ClNO2S/c1-12(2,3)16-11(15)7-17-10-6-8(13)4-5-9(10)14/h4-6H,7,14H2,1-3H3. The molecular formula is C12H16ClNO2S. The Morgan fingerprint density at radius 1 is 1.47 bits per heavy atom. The first-order chi connectivity index (χ1) is 7.78. The zero-order chi connectivity index (χ0) is 13.1. The fourth-order valence-corrected chi connectivity index (χ4v) is 2.15. The van der Waals surface area contributed by atoms with Crippen LogP contribution in [0.1, 0.15) is 20.8 Å². The molecule has 0 aliphatic carbocycles. The molecule has 0 unspecified atom stereocenters. The van der Waals surface area contributed by atoms with Crippen LogP contribution in [0.2, 0.25) is 5.02 Å². The van der Waals surface area contributed by atoms with Crippen molar-refractivity contribution < 1.29 is 9.53 Å². The molecule has 94 valence electrons. The summed E-state index contributed by atoms with van der Waals surface area (Å²) in [6, 6.07) is 5.18. The summed E-state index contributed by atoms with van der Waals surface area (Å²) in [6.45, 7) is 5.51. The average molecular weight is 274 g/mol. The number of hydrogen-bond acceptors (Lipinski definition) is 4. The first-order valence-electron chi connectivity index (χ1n) is 5.17. The predicted octanol–water partition coefficient (Wildman–Crippen LogP) is 3.36. The van der Waals surface area contributed by atoms with Gasteiger partial charge in [0.15, 0.2) is 0 Å². The Morgan fingerprint density at radius 2 is 2.12 bits per heavy atom. The van der Waals surface area contributed by atoms with Gasteiger partial charge in [0.05, 0.1) is 5.75 Å².